The number of rotatable bonds is 3. The van der Waals surface area contributed by atoms with Crippen LogP contribution in [-0.4, -0.2) is 33.9 Å². The number of nitrogens with one attached hydrogen (secondary N) is 1. The highest BCUT2D eigenvalue weighted by Gasteiger charge is 2.29. The summed E-state index contributed by atoms with van der Waals surface area (Å²) in [5.74, 6) is 2.67. The molecule has 0 aliphatic carbocycles. The Balaban J connectivity index is 1.61. The molecular formula is C20H21N3O2. The highest BCUT2D eigenvalue weighted by Crippen LogP contribution is 2.31. The fraction of sp³-hybridized carbons (Fsp3) is 0.300. The van der Waals surface area contributed by atoms with Gasteiger partial charge < -0.3 is 14.3 Å². The summed E-state index contributed by atoms with van der Waals surface area (Å²) in [5.41, 5.74) is 1.57. The Hall–Kier alpha value is -2.82. The molecule has 3 aromatic rings. The average molecular weight is 335 g/mol. The highest BCUT2D eigenvalue weighted by molar-refractivity contribution is 6.00. The fourth-order valence-electron chi connectivity index (χ4n) is 3.53. The number of likely N-dealkylation sites (tertiary alicyclic amines) is 1. The molecule has 1 atom stereocenters. The first-order valence-electron chi connectivity index (χ1n) is 8.67. The number of aromatic amines is 1. The van der Waals surface area contributed by atoms with Crippen LogP contribution in [0.1, 0.15) is 40.7 Å². The molecule has 1 N–H and O–H groups in total. The quantitative estimate of drug-likeness (QED) is 0.787. The summed E-state index contributed by atoms with van der Waals surface area (Å²) in [4.78, 5) is 22.6. The largest absolute Gasteiger partial charge is 0.461 e. The maximum atomic E-state index is 13.2. The number of furan rings is 1. The first-order chi connectivity index (χ1) is 12.2. The number of hydrogen-bond acceptors (Lipinski definition) is 3. The van der Waals surface area contributed by atoms with Gasteiger partial charge in [0.15, 0.2) is 0 Å². The van der Waals surface area contributed by atoms with Crippen molar-refractivity contribution >= 4 is 5.91 Å². The predicted octanol–water partition coefficient (Wildman–Crippen LogP) is 4.00. The molecule has 25 heavy (non-hydrogen) atoms. The Morgan fingerprint density at radius 3 is 2.92 bits per heavy atom. The summed E-state index contributed by atoms with van der Waals surface area (Å²) in [6, 6.07) is 11.7. The van der Waals surface area contributed by atoms with Crippen molar-refractivity contribution in [1.29, 1.82) is 0 Å². The van der Waals surface area contributed by atoms with Gasteiger partial charge in [0, 0.05) is 37.0 Å². The lowest BCUT2D eigenvalue weighted by molar-refractivity contribution is 0.0705. The zero-order valence-corrected chi connectivity index (χ0v) is 14.2. The third kappa shape index (κ3) is 3.09. The number of amides is 1. The van der Waals surface area contributed by atoms with Gasteiger partial charge in [-0.2, -0.15) is 0 Å². The van der Waals surface area contributed by atoms with Gasteiger partial charge >= 0.3 is 0 Å². The standard InChI is InChI=1S/C20H21N3O2/c1-14-12-17(18(25-14)15-6-3-2-4-7-15)20(24)23-11-5-8-16(13-23)19-21-9-10-22-19/h2-4,6-7,9-10,12,16H,5,8,11,13H2,1H3,(H,21,22)/t16-/m0/s1. The summed E-state index contributed by atoms with van der Waals surface area (Å²) in [6.07, 6.45) is 5.63. The van der Waals surface area contributed by atoms with Crippen molar-refractivity contribution in [2.75, 3.05) is 13.1 Å². The van der Waals surface area contributed by atoms with Gasteiger partial charge in [-0.3, -0.25) is 4.79 Å². The minimum absolute atomic E-state index is 0.0342. The molecule has 1 aromatic carbocycles. The van der Waals surface area contributed by atoms with Crippen LogP contribution in [-0.2, 0) is 0 Å². The van der Waals surface area contributed by atoms with Crippen molar-refractivity contribution in [2.45, 2.75) is 25.7 Å². The van der Waals surface area contributed by atoms with Crippen LogP contribution in [0.5, 0.6) is 0 Å². The number of carbonyl (C=O) groups excluding carboxylic acids is 1. The number of hydrogen-bond donors (Lipinski definition) is 1. The Kier molecular flexibility index (Phi) is 4.14. The van der Waals surface area contributed by atoms with E-state index in [1.54, 1.807) is 6.20 Å². The lowest BCUT2D eigenvalue weighted by Crippen LogP contribution is -2.39. The van der Waals surface area contributed by atoms with Crippen LogP contribution in [0.4, 0.5) is 0 Å². The molecule has 2 aromatic heterocycles. The smallest absolute Gasteiger partial charge is 0.257 e. The van der Waals surface area contributed by atoms with Crippen molar-refractivity contribution in [2.24, 2.45) is 0 Å². The molecule has 1 aliphatic rings. The van der Waals surface area contributed by atoms with Crippen molar-refractivity contribution in [1.82, 2.24) is 14.9 Å². The molecule has 0 radical (unpaired) electrons. The molecule has 0 bridgehead atoms. The number of piperidine rings is 1. The normalized spacial score (nSPS) is 17.6. The SMILES string of the molecule is Cc1cc(C(=O)N2CCC[C@H](c3ncc[nH]3)C2)c(-c2ccccc2)o1. The molecule has 5 nitrogen and oxygen atoms in total. The second kappa shape index (κ2) is 6.59. The van der Waals surface area contributed by atoms with Gasteiger partial charge in [0.05, 0.1) is 5.56 Å². The monoisotopic (exact) mass is 335 g/mol. The van der Waals surface area contributed by atoms with Crippen molar-refractivity contribution in [3.63, 3.8) is 0 Å². The van der Waals surface area contributed by atoms with Crippen LogP contribution in [0, 0.1) is 6.92 Å². The van der Waals surface area contributed by atoms with Crippen LogP contribution in [0.15, 0.2) is 53.2 Å². The summed E-state index contributed by atoms with van der Waals surface area (Å²) in [6.45, 7) is 3.34. The summed E-state index contributed by atoms with van der Waals surface area (Å²) < 4.78 is 5.85. The summed E-state index contributed by atoms with van der Waals surface area (Å²) in [5, 5.41) is 0. The molecule has 1 fully saturated rings. The molecular weight excluding hydrogens is 314 g/mol. The lowest BCUT2D eigenvalue weighted by Gasteiger charge is -2.31. The van der Waals surface area contributed by atoms with Gasteiger partial charge in [0.1, 0.15) is 17.3 Å². The summed E-state index contributed by atoms with van der Waals surface area (Å²) >= 11 is 0. The van der Waals surface area contributed by atoms with Crippen LogP contribution < -0.4 is 0 Å². The molecule has 5 heteroatoms. The molecule has 1 amide bonds. The van der Waals surface area contributed by atoms with Crippen LogP contribution in [0.2, 0.25) is 0 Å². The fourth-order valence-corrected chi connectivity index (χ4v) is 3.53. The molecule has 1 aliphatic heterocycles. The molecule has 4 rings (SSSR count). The first kappa shape index (κ1) is 15.7. The van der Waals surface area contributed by atoms with E-state index < -0.39 is 0 Å². The van der Waals surface area contributed by atoms with Crippen LogP contribution in [0.25, 0.3) is 11.3 Å². The molecule has 1 saturated heterocycles. The minimum atomic E-state index is 0.0342. The van der Waals surface area contributed by atoms with Crippen molar-refractivity contribution in [3.8, 4) is 11.3 Å². The van der Waals surface area contributed by atoms with Crippen molar-refractivity contribution < 1.29 is 9.21 Å². The minimum Gasteiger partial charge on any atom is -0.461 e. The number of aromatic nitrogens is 2. The Morgan fingerprint density at radius 2 is 2.16 bits per heavy atom. The van der Waals surface area contributed by atoms with Gasteiger partial charge in [-0.25, -0.2) is 4.98 Å². The van der Waals surface area contributed by atoms with E-state index in [9.17, 15) is 4.79 Å². The number of carbonyl (C=O) groups is 1. The molecule has 0 unspecified atom stereocenters. The zero-order valence-electron chi connectivity index (χ0n) is 14.2. The van der Waals surface area contributed by atoms with E-state index in [2.05, 4.69) is 9.97 Å². The topological polar surface area (TPSA) is 62.1 Å². The van der Waals surface area contributed by atoms with E-state index in [0.29, 0.717) is 17.9 Å². The maximum absolute atomic E-state index is 13.2. The Bertz CT molecular complexity index is 852. The highest BCUT2D eigenvalue weighted by atomic mass is 16.3. The molecule has 0 saturated carbocycles. The summed E-state index contributed by atoms with van der Waals surface area (Å²) in [7, 11) is 0. The van der Waals surface area contributed by atoms with Gasteiger partial charge in [-0.15, -0.1) is 0 Å². The second-order valence-electron chi connectivity index (χ2n) is 6.53. The molecule has 0 spiro atoms. The van der Waals surface area contributed by atoms with E-state index in [-0.39, 0.29) is 11.8 Å². The third-order valence-electron chi connectivity index (χ3n) is 4.74. The van der Waals surface area contributed by atoms with Gasteiger partial charge in [0.2, 0.25) is 0 Å². The maximum Gasteiger partial charge on any atom is 0.257 e. The zero-order chi connectivity index (χ0) is 17.2. The molecule has 128 valence electrons. The predicted molar refractivity (Wildman–Crippen MR) is 95.3 cm³/mol. The Labute approximate surface area is 146 Å². The van der Waals surface area contributed by atoms with Gasteiger partial charge in [-0.05, 0) is 25.8 Å². The Morgan fingerprint density at radius 1 is 1.32 bits per heavy atom. The number of H-pyrrole nitrogens is 1. The lowest BCUT2D eigenvalue weighted by atomic mass is 9.96. The molecule has 3 heterocycles. The average Bonchev–Trinajstić information content (AvgIpc) is 3.32. The van der Waals surface area contributed by atoms with Crippen LogP contribution >= 0.6 is 0 Å². The second-order valence-corrected chi connectivity index (χ2v) is 6.53. The van der Waals surface area contributed by atoms with E-state index >= 15 is 0 Å². The number of nitrogens with zero attached hydrogens (tertiary/aromatic N) is 2. The third-order valence-corrected chi connectivity index (χ3v) is 4.74. The van der Waals surface area contributed by atoms with E-state index in [1.807, 2.05) is 54.4 Å². The van der Waals surface area contributed by atoms with E-state index in [4.69, 9.17) is 4.42 Å². The van der Waals surface area contributed by atoms with E-state index in [1.165, 1.54) is 0 Å². The van der Waals surface area contributed by atoms with E-state index in [0.717, 1.165) is 36.5 Å². The first-order valence-corrected chi connectivity index (χ1v) is 8.67. The van der Waals surface area contributed by atoms with Crippen LogP contribution in [0.3, 0.4) is 0 Å². The van der Waals surface area contributed by atoms with Crippen molar-refractivity contribution in [3.05, 3.63) is 65.9 Å². The number of imidazole rings is 1. The number of benzene rings is 1. The number of aryl methyl sites for hydroxylation is 1. The van der Waals surface area contributed by atoms with Gasteiger partial charge in [-0.1, -0.05) is 30.3 Å². The van der Waals surface area contributed by atoms with Gasteiger partial charge in [0.25, 0.3) is 5.91 Å².